The van der Waals surface area contributed by atoms with Crippen LogP contribution in [0.2, 0.25) is 0 Å². The molecule has 148 valence electrons. The summed E-state index contributed by atoms with van der Waals surface area (Å²) in [5.41, 5.74) is -0.0652. The molecule has 2 rings (SSSR count). The molecule has 1 unspecified atom stereocenters. The Hall–Kier alpha value is -2.66. The molecule has 1 aromatic carbocycles. The van der Waals surface area contributed by atoms with Crippen molar-refractivity contribution in [2.24, 2.45) is 0 Å². The largest absolute Gasteiger partial charge is 0.772 e. The first kappa shape index (κ1) is 20.6. The van der Waals surface area contributed by atoms with Crippen LogP contribution in [0.5, 0.6) is 11.5 Å². The monoisotopic (exact) mass is 399 g/mol. The molecule has 0 saturated carbocycles. The van der Waals surface area contributed by atoms with Gasteiger partial charge in [0.2, 0.25) is 5.91 Å². The summed E-state index contributed by atoms with van der Waals surface area (Å²) in [7, 11) is 0. The van der Waals surface area contributed by atoms with Gasteiger partial charge in [-0.05, 0) is 43.1 Å². The molecule has 1 heterocycles. The lowest BCUT2D eigenvalue weighted by Gasteiger charge is -2.49. The Kier molecular flexibility index (Phi) is 5.76. The molecule has 1 aliphatic rings. The maximum atomic E-state index is 12.2. The quantitative estimate of drug-likeness (QED) is 0.271. The van der Waals surface area contributed by atoms with Crippen LogP contribution < -0.4 is 5.32 Å². The first-order valence-corrected chi connectivity index (χ1v) is 9.00. The summed E-state index contributed by atoms with van der Waals surface area (Å²) in [6, 6.07) is 1.14. The standard InChI is InChI=1S/C16H20N2O8S/c1-8-5-12(21)18(8)13(15(23)24)16(2,27(25)26)7-17-14(22)9-3-4-10(19)11(20)6-9/h3-4,6,8,13,19-20H,5,7H2,1-2H3,(H,17,22)(H,23,24)(H,25,26)/p-1/t8-,13+,16+/m1/s1. The second kappa shape index (κ2) is 7.53. The number of carboxylic acids is 1. The van der Waals surface area contributed by atoms with Crippen molar-refractivity contribution in [2.45, 2.75) is 37.1 Å². The van der Waals surface area contributed by atoms with Gasteiger partial charge in [0, 0.05) is 24.6 Å². The highest BCUT2D eigenvalue weighted by Gasteiger charge is 2.51. The topological polar surface area (TPSA) is 167 Å². The van der Waals surface area contributed by atoms with Crippen molar-refractivity contribution in [3.8, 4) is 11.5 Å². The van der Waals surface area contributed by atoms with Crippen LogP contribution in [0.15, 0.2) is 18.2 Å². The Morgan fingerprint density at radius 3 is 2.48 bits per heavy atom. The van der Waals surface area contributed by atoms with Gasteiger partial charge in [0.05, 0.1) is 4.75 Å². The Morgan fingerprint density at radius 2 is 2.04 bits per heavy atom. The number of nitrogens with zero attached hydrogens (tertiary/aromatic N) is 1. The minimum Gasteiger partial charge on any atom is -0.772 e. The van der Waals surface area contributed by atoms with E-state index in [2.05, 4.69) is 5.32 Å². The fraction of sp³-hybridized carbons (Fsp3) is 0.438. The molecule has 2 amide bonds. The van der Waals surface area contributed by atoms with Gasteiger partial charge in [-0.3, -0.25) is 13.8 Å². The van der Waals surface area contributed by atoms with Gasteiger partial charge in [0.25, 0.3) is 5.91 Å². The van der Waals surface area contributed by atoms with Gasteiger partial charge in [-0.15, -0.1) is 0 Å². The van der Waals surface area contributed by atoms with Crippen molar-refractivity contribution < 1.29 is 38.5 Å². The molecule has 27 heavy (non-hydrogen) atoms. The molecular formula is C16H19N2O8S-. The predicted octanol–water partition coefficient (Wildman–Crippen LogP) is -0.461. The van der Waals surface area contributed by atoms with Crippen LogP contribution in [0.4, 0.5) is 0 Å². The number of amides is 2. The van der Waals surface area contributed by atoms with Crippen LogP contribution in [0.3, 0.4) is 0 Å². The number of benzene rings is 1. The maximum absolute atomic E-state index is 12.2. The van der Waals surface area contributed by atoms with Crippen LogP contribution in [0, 0.1) is 0 Å². The third kappa shape index (κ3) is 3.88. The number of aromatic hydroxyl groups is 2. The Morgan fingerprint density at radius 1 is 1.41 bits per heavy atom. The Balaban J connectivity index is 2.25. The minimum atomic E-state index is -2.95. The van der Waals surface area contributed by atoms with Gasteiger partial charge >= 0.3 is 5.97 Å². The highest BCUT2D eigenvalue weighted by molar-refractivity contribution is 7.80. The molecule has 10 nitrogen and oxygen atoms in total. The summed E-state index contributed by atoms with van der Waals surface area (Å²) < 4.78 is 21.7. The van der Waals surface area contributed by atoms with Crippen LogP contribution in [0.25, 0.3) is 0 Å². The lowest BCUT2D eigenvalue weighted by molar-refractivity contribution is -0.162. The highest BCUT2D eigenvalue weighted by Crippen LogP contribution is 2.31. The van der Waals surface area contributed by atoms with E-state index in [1.165, 1.54) is 6.07 Å². The first-order valence-electron chi connectivity index (χ1n) is 7.92. The molecule has 11 heteroatoms. The van der Waals surface area contributed by atoms with E-state index in [4.69, 9.17) is 0 Å². The number of nitrogens with one attached hydrogen (secondary N) is 1. The number of carbonyl (C=O) groups is 3. The number of β-lactam (4-membered cyclic amide) rings is 1. The van der Waals surface area contributed by atoms with Gasteiger partial charge in [0.15, 0.2) is 11.5 Å². The molecule has 1 aliphatic heterocycles. The molecule has 0 radical (unpaired) electrons. The second-order valence-corrected chi connectivity index (χ2v) is 7.93. The van der Waals surface area contributed by atoms with Crippen molar-refractivity contribution in [1.29, 1.82) is 0 Å². The molecule has 1 aromatic rings. The zero-order chi connectivity index (χ0) is 20.5. The number of phenols is 2. The Labute approximate surface area is 157 Å². The number of carbonyl (C=O) groups excluding carboxylic acids is 2. The number of rotatable bonds is 7. The van der Waals surface area contributed by atoms with Gasteiger partial charge < -0.3 is 30.1 Å². The first-order chi connectivity index (χ1) is 12.5. The number of hydrogen-bond acceptors (Lipinski definition) is 7. The number of likely N-dealkylation sites (tertiary alicyclic amines) is 1. The molecular weight excluding hydrogens is 380 g/mol. The van der Waals surface area contributed by atoms with Gasteiger partial charge in [-0.25, -0.2) is 4.79 Å². The van der Waals surface area contributed by atoms with Crippen LogP contribution in [0.1, 0.15) is 30.6 Å². The normalized spacial score (nSPS) is 20.9. The number of aliphatic carboxylic acids is 1. The van der Waals surface area contributed by atoms with Crippen molar-refractivity contribution in [3.05, 3.63) is 23.8 Å². The smallest absolute Gasteiger partial charge is 0.328 e. The van der Waals surface area contributed by atoms with E-state index in [9.17, 15) is 38.5 Å². The summed E-state index contributed by atoms with van der Waals surface area (Å²) >= 11 is -2.95. The van der Waals surface area contributed by atoms with Crippen molar-refractivity contribution in [3.63, 3.8) is 0 Å². The number of carboxylic acid groups (broad SMARTS) is 1. The summed E-state index contributed by atoms with van der Waals surface area (Å²) in [5.74, 6) is -3.75. The summed E-state index contributed by atoms with van der Waals surface area (Å²) in [6.45, 7) is 2.14. The van der Waals surface area contributed by atoms with Gasteiger partial charge in [0.1, 0.15) is 6.04 Å². The van der Waals surface area contributed by atoms with Crippen LogP contribution in [-0.2, 0) is 20.7 Å². The zero-order valence-corrected chi connectivity index (χ0v) is 15.4. The van der Waals surface area contributed by atoms with E-state index < -0.39 is 63.7 Å². The number of hydrogen-bond donors (Lipinski definition) is 4. The molecule has 1 fully saturated rings. The fourth-order valence-electron chi connectivity index (χ4n) is 2.93. The average molecular weight is 399 g/mol. The molecule has 0 spiro atoms. The van der Waals surface area contributed by atoms with E-state index in [1.807, 2.05) is 0 Å². The van der Waals surface area contributed by atoms with E-state index in [-0.39, 0.29) is 12.0 Å². The summed E-state index contributed by atoms with van der Waals surface area (Å²) in [4.78, 5) is 36.7. The van der Waals surface area contributed by atoms with E-state index in [0.717, 1.165) is 24.0 Å². The second-order valence-electron chi connectivity index (χ2n) is 6.53. The van der Waals surface area contributed by atoms with Gasteiger partial charge in [-0.2, -0.15) is 0 Å². The summed E-state index contributed by atoms with van der Waals surface area (Å²) in [5, 5.41) is 30.6. The van der Waals surface area contributed by atoms with E-state index in [1.54, 1.807) is 6.92 Å². The van der Waals surface area contributed by atoms with Crippen molar-refractivity contribution in [2.75, 3.05) is 6.54 Å². The van der Waals surface area contributed by atoms with Gasteiger partial charge in [-0.1, -0.05) is 0 Å². The molecule has 1 saturated heterocycles. The maximum Gasteiger partial charge on any atom is 0.328 e. The zero-order valence-electron chi connectivity index (χ0n) is 14.5. The molecule has 0 aliphatic carbocycles. The minimum absolute atomic E-state index is 0.0652. The molecule has 4 atom stereocenters. The van der Waals surface area contributed by atoms with Crippen LogP contribution >= 0.6 is 0 Å². The lowest BCUT2D eigenvalue weighted by Crippen LogP contribution is -2.69. The molecule has 4 N–H and O–H groups in total. The molecule has 0 bridgehead atoms. The third-order valence-corrected chi connectivity index (χ3v) is 5.67. The van der Waals surface area contributed by atoms with Crippen molar-refractivity contribution in [1.82, 2.24) is 10.2 Å². The SMILES string of the molecule is C[C@@H]1CC(=O)N1[C@@H](C(=O)O)[C@](C)(CNC(=O)c1ccc(O)c(O)c1)S(=O)[O-]. The Bertz CT molecular complexity index is 814. The summed E-state index contributed by atoms with van der Waals surface area (Å²) in [6.07, 6.45) is 0.116. The highest BCUT2D eigenvalue weighted by atomic mass is 32.2. The lowest BCUT2D eigenvalue weighted by atomic mass is 9.91. The number of phenolic OH excluding ortho intramolecular Hbond substituents is 2. The third-order valence-electron chi connectivity index (χ3n) is 4.54. The van der Waals surface area contributed by atoms with E-state index >= 15 is 0 Å². The average Bonchev–Trinajstić information content (AvgIpc) is 2.59. The van der Waals surface area contributed by atoms with Crippen LogP contribution in [-0.4, -0.2) is 70.1 Å². The molecule has 0 aromatic heterocycles. The van der Waals surface area contributed by atoms with Crippen molar-refractivity contribution >= 4 is 28.9 Å². The predicted molar refractivity (Wildman–Crippen MR) is 91.8 cm³/mol. The fourth-order valence-corrected chi connectivity index (χ4v) is 3.52. The van der Waals surface area contributed by atoms with E-state index in [0.29, 0.717) is 0 Å².